The van der Waals surface area contributed by atoms with Crippen molar-refractivity contribution in [1.82, 2.24) is 15.0 Å². The molecule has 0 radical (unpaired) electrons. The fraction of sp³-hybridized carbons (Fsp3) is 0.706. The Hall–Kier alpha value is -2.29. The first-order valence-corrected chi connectivity index (χ1v) is 8.72. The molecule has 1 aromatic heterocycles. The lowest BCUT2D eigenvalue weighted by Crippen LogP contribution is -2.35. The van der Waals surface area contributed by atoms with Gasteiger partial charge in [-0.15, -0.1) is 0 Å². The van der Waals surface area contributed by atoms with Crippen LogP contribution in [0.1, 0.15) is 46.4 Å². The summed E-state index contributed by atoms with van der Waals surface area (Å²) in [4.78, 5) is 11.1. The van der Waals surface area contributed by atoms with Gasteiger partial charge in [-0.05, 0) is 46.5 Å². The molecule has 1 aromatic rings. The lowest BCUT2D eigenvalue weighted by molar-refractivity contribution is -0.139. The van der Waals surface area contributed by atoms with Crippen molar-refractivity contribution >= 4 is 11.9 Å². The van der Waals surface area contributed by atoms with E-state index in [0.717, 1.165) is 13.8 Å². The topological polar surface area (TPSA) is 83.0 Å². The largest absolute Gasteiger partial charge is 0.408 e. The van der Waals surface area contributed by atoms with Gasteiger partial charge in [0.15, 0.2) is 0 Å². The zero-order valence-corrected chi connectivity index (χ0v) is 16.1. The number of anilines is 2. The Kier molecular flexibility index (Phi) is 5.96. The molecule has 1 fully saturated rings. The van der Waals surface area contributed by atoms with E-state index in [0.29, 0.717) is 12.8 Å². The summed E-state index contributed by atoms with van der Waals surface area (Å²) in [6, 6.07) is -4.10. The Labute approximate surface area is 163 Å². The third-order valence-corrected chi connectivity index (χ3v) is 4.64. The maximum atomic E-state index is 12.8. The number of hydrogen-bond donors (Lipinski definition) is 3. The number of aromatic nitrogens is 3. The summed E-state index contributed by atoms with van der Waals surface area (Å²) in [5.74, 6) is 3.88. The van der Waals surface area contributed by atoms with Gasteiger partial charge in [0, 0.05) is 0 Å². The second-order valence-electron chi connectivity index (χ2n) is 7.51. The summed E-state index contributed by atoms with van der Waals surface area (Å²) in [6.45, 7) is 4.76. The highest BCUT2D eigenvalue weighted by molar-refractivity contribution is 5.41. The Morgan fingerprint density at radius 3 is 1.62 bits per heavy atom. The molecule has 3 N–H and O–H groups in total. The van der Waals surface area contributed by atoms with Crippen LogP contribution in [0.5, 0.6) is 0 Å². The minimum Gasteiger partial charge on any atom is -0.389 e. The molecule has 0 bridgehead atoms. The number of halogens is 6. The average Bonchev–Trinajstić information content (AvgIpc) is 3.32. The smallest absolute Gasteiger partial charge is 0.389 e. The van der Waals surface area contributed by atoms with E-state index in [2.05, 4.69) is 26.8 Å². The molecule has 12 heteroatoms. The molecule has 1 heterocycles. The van der Waals surface area contributed by atoms with Gasteiger partial charge in [-0.2, -0.15) is 41.3 Å². The monoisotopic (exact) mass is 425 g/mol. The van der Waals surface area contributed by atoms with E-state index in [4.69, 9.17) is 0 Å². The van der Waals surface area contributed by atoms with E-state index in [1.54, 1.807) is 13.8 Å². The Balaban J connectivity index is 2.37. The van der Waals surface area contributed by atoms with E-state index in [1.807, 2.05) is 10.6 Å². The Bertz CT molecular complexity index is 761. The highest BCUT2D eigenvalue weighted by Crippen LogP contribution is 2.53. The van der Waals surface area contributed by atoms with Crippen LogP contribution < -0.4 is 10.6 Å². The van der Waals surface area contributed by atoms with Crippen LogP contribution in [0.3, 0.4) is 0 Å². The molecule has 6 nitrogen and oxygen atoms in total. The van der Waals surface area contributed by atoms with Gasteiger partial charge in [-0.1, -0.05) is 5.92 Å². The van der Waals surface area contributed by atoms with Gasteiger partial charge >= 0.3 is 12.4 Å². The third kappa shape index (κ3) is 5.85. The maximum Gasteiger partial charge on any atom is 0.408 e. The number of rotatable bonds is 5. The predicted molar refractivity (Wildman–Crippen MR) is 92.9 cm³/mol. The summed E-state index contributed by atoms with van der Waals surface area (Å²) < 4.78 is 76.8. The first kappa shape index (κ1) is 23.0. The highest BCUT2D eigenvalue weighted by Gasteiger charge is 2.52. The highest BCUT2D eigenvalue weighted by atomic mass is 19.4. The van der Waals surface area contributed by atoms with Gasteiger partial charge in [0.25, 0.3) is 0 Å². The van der Waals surface area contributed by atoms with Crippen LogP contribution in [0.4, 0.5) is 38.2 Å². The minimum atomic E-state index is -4.62. The van der Waals surface area contributed by atoms with Gasteiger partial charge in [0.05, 0.1) is 11.0 Å². The zero-order valence-electron chi connectivity index (χ0n) is 16.1. The molecule has 2 atom stereocenters. The molecule has 1 aliphatic rings. The summed E-state index contributed by atoms with van der Waals surface area (Å²) >= 11 is 0. The first-order valence-electron chi connectivity index (χ1n) is 8.72. The van der Waals surface area contributed by atoms with E-state index < -0.39 is 47.3 Å². The van der Waals surface area contributed by atoms with Crippen molar-refractivity contribution < 1.29 is 31.4 Å². The average molecular weight is 425 g/mol. The lowest BCUT2D eigenvalue weighted by atomic mass is 9.88. The Morgan fingerprint density at radius 2 is 1.31 bits per heavy atom. The van der Waals surface area contributed by atoms with E-state index in [1.165, 1.54) is 0 Å². The minimum absolute atomic E-state index is 0.315. The molecule has 0 amide bonds. The molecule has 162 valence electrons. The molecular formula is C17H21F6N5O. The Morgan fingerprint density at radius 1 is 0.897 bits per heavy atom. The zero-order chi connectivity index (χ0) is 22.3. The van der Waals surface area contributed by atoms with Gasteiger partial charge in [-0.3, -0.25) is 0 Å². The number of aliphatic hydroxyl groups is 1. The fourth-order valence-electron chi connectivity index (χ4n) is 2.30. The van der Waals surface area contributed by atoms with E-state index in [-0.39, 0.29) is 5.82 Å². The molecule has 0 aliphatic heterocycles. The van der Waals surface area contributed by atoms with Crippen LogP contribution in [-0.2, 0) is 0 Å². The molecular weight excluding hydrogens is 404 g/mol. The summed E-state index contributed by atoms with van der Waals surface area (Å²) in [5.41, 5.74) is -1.86. The van der Waals surface area contributed by atoms with Crippen molar-refractivity contribution in [2.45, 2.75) is 70.6 Å². The second-order valence-corrected chi connectivity index (χ2v) is 7.51. The van der Waals surface area contributed by atoms with Crippen molar-refractivity contribution in [2.24, 2.45) is 5.41 Å². The predicted octanol–water partition coefficient (Wildman–Crippen LogP) is 3.50. The van der Waals surface area contributed by atoms with Crippen molar-refractivity contribution in [3.63, 3.8) is 0 Å². The molecule has 1 saturated carbocycles. The number of nitrogens with zero attached hydrogens (tertiary/aromatic N) is 3. The van der Waals surface area contributed by atoms with Crippen LogP contribution in [0.25, 0.3) is 0 Å². The normalized spacial score (nSPS) is 18.3. The number of hydrogen-bond acceptors (Lipinski definition) is 6. The van der Waals surface area contributed by atoms with Gasteiger partial charge in [0.1, 0.15) is 12.1 Å². The van der Waals surface area contributed by atoms with Crippen LogP contribution in [0.15, 0.2) is 0 Å². The van der Waals surface area contributed by atoms with Crippen molar-refractivity contribution in [2.75, 3.05) is 10.6 Å². The van der Waals surface area contributed by atoms with Gasteiger partial charge in [-0.25, -0.2) is 0 Å². The lowest BCUT2D eigenvalue weighted by Gasteiger charge is -2.24. The van der Waals surface area contributed by atoms with Crippen LogP contribution in [0, 0.1) is 17.3 Å². The standard InChI is InChI=1S/C17H21F6N5O/c1-9(16(18,19)20)24-12-26-11(5-6-15(7-8-15)14(3,4)29)27-13(28-12)25-10(2)17(21,22)23/h9-10,29H,7-8H2,1-4H3,(H2,24,25,26,27,28)/t9-,10-/m1/s1. The number of alkyl halides is 6. The summed E-state index contributed by atoms with van der Waals surface area (Å²) in [7, 11) is 0. The van der Waals surface area contributed by atoms with Crippen molar-refractivity contribution in [1.29, 1.82) is 0 Å². The molecule has 0 spiro atoms. The molecule has 1 aliphatic carbocycles. The van der Waals surface area contributed by atoms with Gasteiger partial charge in [0.2, 0.25) is 17.7 Å². The maximum absolute atomic E-state index is 12.8. The molecule has 0 saturated heterocycles. The summed E-state index contributed by atoms with van der Waals surface area (Å²) in [5, 5.41) is 14.2. The fourth-order valence-corrected chi connectivity index (χ4v) is 2.30. The van der Waals surface area contributed by atoms with E-state index >= 15 is 0 Å². The first-order chi connectivity index (χ1) is 13.0. The molecule has 2 rings (SSSR count). The SMILES string of the molecule is C[C@@H](Nc1nc(C#CC2(C(C)(C)O)CC2)nc(N[C@H](C)C(F)(F)F)n1)C(F)(F)F. The van der Waals surface area contributed by atoms with Crippen molar-refractivity contribution in [3.05, 3.63) is 5.82 Å². The summed E-state index contributed by atoms with van der Waals surface area (Å²) in [6.07, 6.45) is -8.04. The molecule has 29 heavy (non-hydrogen) atoms. The van der Waals surface area contributed by atoms with Crippen LogP contribution >= 0.6 is 0 Å². The molecule has 0 unspecified atom stereocenters. The third-order valence-electron chi connectivity index (χ3n) is 4.64. The van der Waals surface area contributed by atoms with Crippen LogP contribution in [0.2, 0.25) is 0 Å². The molecule has 0 aromatic carbocycles. The van der Waals surface area contributed by atoms with Gasteiger partial charge < -0.3 is 15.7 Å². The quantitative estimate of drug-likeness (QED) is 0.495. The number of nitrogens with one attached hydrogen (secondary N) is 2. The second kappa shape index (κ2) is 7.51. The van der Waals surface area contributed by atoms with Crippen LogP contribution in [-0.4, -0.2) is 50.1 Å². The van der Waals surface area contributed by atoms with Crippen molar-refractivity contribution in [3.8, 4) is 11.8 Å². The van der Waals surface area contributed by atoms with E-state index in [9.17, 15) is 31.4 Å².